The van der Waals surface area contributed by atoms with Crippen LogP contribution < -0.4 is 14.8 Å². The van der Waals surface area contributed by atoms with Crippen molar-refractivity contribution in [3.63, 3.8) is 0 Å². The second-order valence-corrected chi connectivity index (χ2v) is 4.92. The minimum atomic E-state index is -0.344. The van der Waals surface area contributed by atoms with E-state index in [2.05, 4.69) is 5.32 Å². The minimum Gasteiger partial charge on any atom is -0.493 e. The SMILES string of the molecule is COc1cccc(CNC2CCC(=O)N(C)C2=O)c1OC. The predicted molar refractivity (Wildman–Crippen MR) is 77.2 cm³/mol. The Balaban J connectivity index is 2.07. The number of imide groups is 1. The number of carbonyl (C=O) groups excluding carboxylic acids is 2. The minimum absolute atomic E-state index is 0.128. The Bertz CT molecular complexity index is 544. The maximum atomic E-state index is 12.0. The van der Waals surface area contributed by atoms with Crippen LogP contribution in [0.15, 0.2) is 18.2 Å². The molecule has 0 aliphatic carbocycles. The van der Waals surface area contributed by atoms with Crippen LogP contribution in [0.1, 0.15) is 18.4 Å². The van der Waals surface area contributed by atoms with Gasteiger partial charge in [0.1, 0.15) is 0 Å². The largest absolute Gasteiger partial charge is 0.493 e. The second kappa shape index (κ2) is 6.58. The number of rotatable bonds is 5. The van der Waals surface area contributed by atoms with E-state index in [-0.39, 0.29) is 17.9 Å². The van der Waals surface area contributed by atoms with E-state index in [1.807, 2.05) is 18.2 Å². The molecule has 1 aliphatic rings. The molecule has 6 heteroatoms. The summed E-state index contributed by atoms with van der Waals surface area (Å²) in [6, 6.07) is 5.26. The number of amides is 2. The van der Waals surface area contributed by atoms with E-state index >= 15 is 0 Å². The lowest BCUT2D eigenvalue weighted by Crippen LogP contribution is -2.51. The molecule has 2 rings (SSSR count). The first-order valence-electron chi connectivity index (χ1n) is 6.82. The number of likely N-dealkylation sites (tertiary alicyclic amines) is 1. The molecule has 0 saturated carbocycles. The Labute approximate surface area is 124 Å². The molecule has 6 nitrogen and oxygen atoms in total. The molecule has 0 radical (unpaired) electrons. The standard InChI is InChI=1S/C15H20N2O4/c1-17-13(18)8-7-11(15(17)19)16-9-10-5-4-6-12(20-2)14(10)21-3/h4-6,11,16H,7-9H2,1-3H3. The highest BCUT2D eigenvalue weighted by molar-refractivity contribution is 6.00. The molecule has 1 N–H and O–H groups in total. The van der Waals surface area contributed by atoms with Crippen molar-refractivity contribution in [2.75, 3.05) is 21.3 Å². The Hall–Kier alpha value is -2.08. The fraction of sp³-hybridized carbons (Fsp3) is 0.467. The molecule has 114 valence electrons. The van der Waals surface area contributed by atoms with Crippen molar-refractivity contribution >= 4 is 11.8 Å². The van der Waals surface area contributed by atoms with E-state index in [1.54, 1.807) is 14.2 Å². The summed E-state index contributed by atoms with van der Waals surface area (Å²) in [5.41, 5.74) is 0.907. The zero-order valence-corrected chi connectivity index (χ0v) is 12.5. The van der Waals surface area contributed by atoms with Gasteiger partial charge in [-0.1, -0.05) is 12.1 Å². The third-order valence-corrected chi connectivity index (χ3v) is 3.67. The van der Waals surface area contributed by atoms with Crippen molar-refractivity contribution in [2.24, 2.45) is 0 Å². The van der Waals surface area contributed by atoms with E-state index in [1.165, 1.54) is 11.9 Å². The summed E-state index contributed by atoms with van der Waals surface area (Å²) in [5, 5.41) is 3.19. The van der Waals surface area contributed by atoms with Crippen LogP contribution in [0, 0.1) is 0 Å². The molecule has 0 spiro atoms. The highest BCUT2D eigenvalue weighted by Crippen LogP contribution is 2.30. The van der Waals surface area contributed by atoms with Crippen LogP contribution in [-0.2, 0) is 16.1 Å². The maximum Gasteiger partial charge on any atom is 0.246 e. The monoisotopic (exact) mass is 292 g/mol. The summed E-state index contributed by atoms with van der Waals surface area (Å²) in [7, 11) is 4.69. The van der Waals surface area contributed by atoms with Gasteiger partial charge in [0.05, 0.1) is 20.3 Å². The third-order valence-electron chi connectivity index (χ3n) is 3.67. The topological polar surface area (TPSA) is 67.9 Å². The zero-order chi connectivity index (χ0) is 15.4. The number of piperidine rings is 1. The van der Waals surface area contributed by atoms with E-state index < -0.39 is 0 Å². The van der Waals surface area contributed by atoms with Crippen LogP contribution in [0.3, 0.4) is 0 Å². The Morgan fingerprint density at radius 3 is 2.71 bits per heavy atom. The fourth-order valence-corrected chi connectivity index (χ4v) is 2.43. The van der Waals surface area contributed by atoms with Crippen LogP contribution >= 0.6 is 0 Å². The molecule has 1 aliphatic heterocycles. The van der Waals surface area contributed by atoms with Gasteiger partial charge in [0.25, 0.3) is 0 Å². The molecule has 1 aromatic carbocycles. The van der Waals surface area contributed by atoms with Gasteiger partial charge in [-0.2, -0.15) is 0 Å². The molecular weight excluding hydrogens is 272 g/mol. The Kier molecular flexibility index (Phi) is 4.80. The average molecular weight is 292 g/mol. The molecule has 21 heavy (non-hydrogen) atoms. The first-order valence-corrected chi connectivity index (χ1v) is 6.82. The van der Waals surface area contributed by atoms with Gasteiger partial charge < -0.3 is 14.8 Å². The molecule has 1 unspecified atom stereocenters. The molecule has 0 aromatic heterocycles. The number of likely N-dealkylation sites (N-methyl/N-ethyl adjacent to an activating group) is 1. The van der Waals surface area contributed by atoms with E-state index in [0.717, 1.165) is 5.56 Å². The van der Waals surface area contributed by atoms with Crippen LogP contribution in [0.4, 0.5) is 0 Å². The van der Waals surface area contributed by atoms with Crippen LogP contribution in [-0.4, -0.2) is 44.0 Å². The highest BCUT2D eigenvalue weighted by atomic mass is 16.5. The van der Waals surface area contributed by atoms with Crippen molar-refractivity contribution in [3.05, 3.63) is 23.8 Å². The molecule has 1 aromatic rings. The van der Waals surface area contributed by atoms with Gasteiger partial charge in [-0.05, 0) is 12.5 Å². The van der Waals surface area contributed by atoms with Crippen molar-refractivity contribution in [1.82, 2.24) is 10.2 Å². The van der Waals surface area contributed by atoms with Crippen molar-refractivity contribution < 1.29 is 19.1 Å². The molecule has 1 atom stereocenters. The lowest BCUT2D eigenvalue weighted by atomic mass is 10.0. The summed E-state index contributed by atoms with van der Waals surface area (Å²) < 4.78 is 10.6. The number of hydrogen-bond acceptors (Lipinski definition) is 5. The molecule has 2 amide bonds. The van der Waals surface area contributed by atoms with Crippen LogP contribution in [0.5, 0.6) is 11.5 Å². The summed E-state index contributed by atoms with van der Waals surface area (Å²) >= 11 is 0. The van der Waals surface area contributed by atoms with Crippen LogP contribution in [0.25, 0.3) is 0 Å². The first kappa shape index (κ1) is 15.3. The predicted octanol–water partition coefficient (Wildman–Crippen LogP) is 0.941. The molecule has 1 heterocycles. The molecular formula is C15H20N2O4. The van der Waals surface area contributed by atoms with Gasteiger partial charge in [-0.3, -0.25) is 14.5 Å². The van der Waals surface area contributed by atoms with Crippen LogP contribution in [0.2, 0.25) is 0 Å². The highest BCUT2D eigenvalue weighted by Gasteiger charge is 2.31. The number of carbonyl (C=O) groups is 2. The summed E-state index contributed by atoms with van der Waals surface area (Å²) in [6.07, 6.45) is 0.906. The van der Waals surface area contributed by atoms with Gasteiger partial charge in [0.2, 0.25) is 11.8 Å². The number of nitrogens with zero attached hydrogens (tertiary/aromatic N) is 1. The number of nitrogens with one attached hydrogen (secondary N) is 1. The Morgan fingerprint density at radius 2 is 2.05 bits per heavy atom. The number of benzene rings is 1. The molecule has 1 fully saturated rings. The summed E-state index contributed by atoms with van der Waals surface area (Å²) in [4.78, 5) is 24.7. The van der Waals surface area contributed by atoms with Gasteiger partial charge in [-0.15, -0.1) is 0 Å². The average Bonchev–Trinajstić information content (AvgIpc) is 2.51. The lowest BCUT2D eigenvalue weighted by molar-refractivity contribution is -0.148. The van der Waals surface area contributed by atoms with Gasteiger partial charge in [0.15, 0.2) is 11.5 Å². The number of ether oxygens (including phenoxy) is 2. The van der Waals surface area contributed by atoms with E-state index in [0.29, 0.717) is 30.9 Å². The lowest BCUT2D eigenvalue weighted by Gasteiger charge is -2.28. The van der Waals surface area contributed by atoms with Gasteiger partial charge in [-0.25, -0.2) is 0 Å². The van der Waals surface area contributed by atoms with E-state index in [9.17, 15) is 9.59 Å². The fourth-order valence-electron chi connectivity index (χ4n) is 2.43. The molecule has 0 bridgehead atoms. The third kappa shape index (κ3) is 3.16. The number of hydrogen-bond donors (Lipinski definition) is 1. The van der Waals surface area contributed by atoms with Crippen molar-refractivity contribution in [1.29, 1.82) is 0 Å². The number of methoxy groups -OCH3 is 2. The van der Waals surface area contributed by atoms with Crippen molar-refractivity contribution in [2.45, 2.75) is 25.4 Å². The quantitative estimate of drug-likeness (QED) is 0.818. The number of para-hydroxylation sites is 1. The maximum absolute atomic E-state index is 12.0. The van der Waals surface area contributed by atoms with E-state index in [4.69, 9.17) is 9.47 Å². The second-order valence-electron chi connectivity index (χ2n) is 4.92. The Morgan fingerprint density at radius 1 is 1.29 bits per heavy atom. The van der Waals surface area contributed by atoms with Gasteiger partial charge in [0, 0.05) is 25.6 Å². The normalized spacial score (nSPS) is 18.8. The van der Waals surface area contributed by atoms with Gasteiger partial charge >= 0.3 is 0 Å². The first-order chi connectivity index (χ1) is 10.1. The summed E-state index contributed by atoms with van der Waals surface area (Å²) in [5.74, 6) is 0.990. The summed E-state index contributed by atoms with van der Waals surface area (Å²) in [6.45, 7) is 0.471. The molecule has 1 saturated heterocycles. The smallest absolute Gasteiger partial charge is 0.246 e. The zero-order valence-electron chi connectivity index (χ0n) is 12.5. The van der Waals surface area contributed by atoms with Crippen molar-refractivity contribution in [3.8, 4) is 11.5 Å².